The Labute approximate surface area is 140 Å². The number of ether oxygens (including phenoxy) is 1. The molecule has 0 aromatic rings. The van der Waals surface area contributed by atoms with Crippen molar-refractivity contribution in [2.24, 2.45) is 0 Å². The smallest absolute Gasteiger partial charge is 0.334 e. The fourth-order valence-electron chi connectivity index (χ4n) is 1.88. The molecule has 3 nitrogen and oxygen atoms in total. The van der Waals surface area contributed by atoms with E-state index in [9.17, 15) is 4.79 Å². The van der Waals surface area contributed by atoms with Crippen LogP contribution in [-0.4, -0.2) is 53.3 Å². The van der Waals surface area contributed by atoms with Gasteiger partial charge in [-0.05, 0) is 13.3 Å². The van der Waals surface area contributed by atoms with Crippen LogP contribution in [0.15, 0.2) is 0 Å². The van der Waals surface area contributed by atoms with Gasteiger partial charge in [-0.15, -0.1) is 0 Å². The molecule has 1 N–H and O–H groups in total. The van der Waals surface area contributed by atoms with E-state index in [-0.39, 0.29) is 29.6 Å². The van der Waals surface area contributed by atoms with Crippen LogP contribution in [0.25, 0.3) is 0 Å². The van der Waals surface area contributed by atoms with Gasteiger partial charge in [0.1, 0.15) is 6.10 Å². The van der Waals surface area contributed by atoms with Crippen LogP contribution in [0.2, 0.25) is 0 Å². The van der Waals surface area contributed by atoms with Crippen molar-refractivity contribution in [3.63, 3.8) is 0 Å². The summed E-state index contributed by atoms with van der Waals surface area (Å²) < 4.78 is 4.89. The summed E-state index contributed by atoms with van der Waals surface area (Å²) in [6.07, 6.45) is 11.7. The number of hydrogen-bond acceptors (Lipinski definition) is 3. The predicted molar refractivity (Wildman–Crippen MR) is 80.2 cm³/mol. The largest absolute Gasteiger partial charge is 0.464 e. The van der Waals surface area contributed by atoms with E-state index in [1.165, 1.54) is 58.3 Å². The topological polar surface area (TPSA) is 46.5 Å². The molecule has 0 saturated carbocycles. The monoisotopic (exact) mass is 281 g/mol. The van der Waals surface area contributed by atoms with Crippen LogP contribution in [0.4, 0.5) is 0 Å². The predicted octanol–water partition coefficient (Wildman–Crippen LogP) is 3.45. The molecule has 0 aromatic carbocycles. The molecule has 1 radical (unpaired) electrons. The first-order chi connectivity index (χ1) is 8.68. The maximum absolute atomic E-state index is 10.9. The number of hydrogen-bond donors (Lipinski definition) is 1. The average Bonchev–Trinajstić information content (AvgIpc) is 2.35. The molecule has 19 heavy (non-hydrogen) atoms. The molecule has 109 valence electrons. The summed E-state index contributed by atoms with van der Waals surface area (Å²) in [5, 5.41) is 8.91. The number of carbonyl (C=O) groups excluding carboxylic acids is 1. The molecule has 0 heterocycles. The van der Waals surface area contributed by atoms with Gasteiger partial charge in [0.2, 0.25) is 0 Å². The molecule has 0 bridgehead atoms. The normalized spacial score (nSPS) is 11.7. The Kier molecular flexibility index (Phi) is 18.8. The molecule has 0 aliphatic rings. The Bertz CT molecular complexity index is 196. The molecule has 0 fully saturated rings. The molecule has 1 atom stereocenters. The van der Waals surface area contributed by atoms with Gasteiger partial charge in [-0.2, -0.15) is 0 Å². The summed E-state index contributed by atoms with van der Waals surface area (Å²) in [6, 6.07) is 0. The zero-order valence-electron chi connectivity index (χ0n) is 13.1. The minimum Gasteiger partial charge on any atom is -0.464 e. The average molecular weight is 281 g/mol. The van der Waals surface area contributed by atoms with Gasteiger partial charge in [0, 0.05) is 29.6 Å². The molecule has 1 unspecified atom stereocenters. The third-order valence-corrected chi connectivity index (χ3v) is 3.08. The van der Waals surface area contributed by atoms with Gasteiger partial charge in [0.05, 0.1) is 6.61 Å². The summed E-state index contributed by atoms with van der Waals surface area (Å²) in [6.45, 7) is 4.12. The Hall–Kier alpha value is 0.430. The molecule has 0 spiro atoms. The summed E-state index contributed by atoms with van der Waals surface area (Å²) >= 11 is 0. The van der Waals surface area contributed by atoms with Gasteiger partial charge in [-0.3, -0.25) is 0 Å². The minimum atomic E-state index is -0.992. The molecular weight excluding hydrogens is 251 g/mol. The molecule has 0 aliphatic carbocycles. The van der Waals surface area contributed by atoms with Crippen molar-refractivity contribution >= 4 is 35.5 Å². The molecule has 0 rings (SSSR count). The van der Waals surface area contributed by atoms with E-state index in [2.05, 4.69) is 6.92 Å². The number of rotatable bonds is 12. The van der Waals surface area contributed by atoms with E-state index in [0.29, 0.717) is 6.61 Å². The third-order valence-electron chi connectivity index (χ3n) is 3.08. The number of aliphatic hydroxyl groups is 1. The Morgan fingerprint density at radius 2 is 1.37 bits per heavy atom. The summed E-state index contributed by atoms with van der Waals surface area (Å²) in [7, 11) is 0. The Morgan fingerprint density at radius 3 is 1.79 bits per heavy atom. The van der Waals surface area contributed by atoms with Gasteiger partial charge < -0.3 is 9.84 Å². The zero-order valence-corrected chi connectivity index (χ0v) is 15.1. The minimum absolute atomic E-state index is 0. The first-order valence-electron chi connectivity index (χ1n) is 7.53. The molecule has 0 aromatic heterocycles. The van der Waals surface area contributed by atoms with Crippen LogP contribution in [-0.2, 0) is 9.53 Å². The van der Waals surface area contributed by atoms with Crippen molar-refractivity contribution in [3.05, 3.63) is 0 Å². The number of aliphatic hydroxyl groups excluding tert-OH is 1. The van der Waals surface area contributed by atoms with Crippen molar-refractivity contribution in [3.8, 4) is 0 Å². The van der Waals surface area contributed by atoms with Gasteiger partial charge in [0.15, 0.2) is 0 Å². The van der Waals surface area contributed by atoms with Crippen LogP contribution in [0.3, 0.4) is 0 Å². The van der Waals surface area contributed by atoms with E-state index in [4.69, 9.17) is 9.84 Å². The molecule has 0 aliphatic heterocycles. The maximum Gasteiger partial charge on any atom is 0.334 e. The van der Waals surface area contributed by atoms with Crippen LogP contribution < -0.4 is 0 Å². The Balaban J connectivity index is 0. The van der Waals surface area contributed by atoms with Crippen LogP contribution in [0.1, 0.15) is 78.1 Å². The van der Waals surface area contributed by atoms with E-state index in [1.807, 2.05) is 0 Å². The second kappa shape index (κ2) is 16.5. The van der Waals surface area contributed by atoms with E-state index in [0.717, 1.165) is 12.8 Å². The van der Waals surface area contributed by atoms with Gasteiger partial charge in [0.25, 0.3) is 0 Å². The van der Waals surface area contributed by atoms with Crippen LogP contribution in [0.5, 0.6) is 0 Å². The fourth-order valence-corrected chi connectivity index (χ4v) is 1.88. The fraction of sp³-hybridized carbons (Fsp3) is 0.933. The SMILES string of the molecule is CCCCCCCCCCCCOC(=O)C(C)O.[Na]. The number of esters is 1. The van der Waals surface area contributed by atoms with E-state index in [1.54, 1.807) is 0 Å². The van der Waals surface area contributed by atoms with Gasteiger partial charge in [-0.25, -0.2) is 4.79 Å². The van der Waals surface area contributed by atoms with Gasteiger partial charge in [-0.1, -0.05) is 64.7 Å². The van der Waals surface area contributed by atoms with Crippen molar-refractivity contribution in [1.82, 2.24) is 0 Å². The standard InChI is InChI=1S/C15H30O3.Na/c1-3-4-5-6-7-8-9-10-11-12-13-18-15(17)14(2)16;/h14,16H,3-13H2,1-2H3;. The second-order valence-corrected chi connectivity index (χ2v) is 5.03. The van der Waals surface area contributed by atoms with Crippen LogP contribution >= 0.6 is 0 Å². The molecule has 4 heteroatoms. The van der Waals surface area contributed by atoms with Gasteiger partial charge >= 0.3 is 5.97 Å². The first-order valence-corrected chi connectivity index (χ1v) is 7.53. The third kappa shape index (κ3) is 16.4. The van der Waals surface area contributed by atoms with Crippen molar-refractivity contribution in [2.45, 2.75) is 84.2 Å². The summed E-state index contributed by atoms with van der Waals surface area (Å²) in [4.78, 5) is 10.9. The van der Waals surface area contributed by atoms with Crippen molar-refractivity contribution in [1.29, 1.82) is 0 Å². The van der Waals surface area contributed by atoms with Crippen molar-refractivity contribution < 1.29 is 14.6 Å². The number of carbonyl (C=O) groups is 1. The second-order valence-electron chi connectivity index (χ2n) is 5.03. The summed E-state index contributed by atoms with van der Waals surface area (Å²) in [5.74, 6) is -0.508. The van der Waals surface area contributed by atoms with Crippen molar-refractivity contribution in [2.75, 3.05) is 6.61 Å². The summed E-state index contributed by atoms with van der Waals surface area (Å²) in [5.41, 5.74) is 0. The number of unbranched alkanes of at least 4 members (excludes halogenated alkanes) is 9. The zero-order chi connectivity index (χ0) is 13.6. The molecular formula is C15H30NaO3. The van der Waals surface area contributed by atoms with E-state index < -0.39 is 12.1 Å². The van der Waals surface area contributed by atoms with Crippen LogP contribution in [0, 0.1) is 0 Å². The quantitative estimate of drug-likeness (QED) is 0.338. The molecule has 0 amide bonds. The maximum atomic E-state index is 10.9. The van der Waals surface area contributed by atoms with E-state index >= 15 is 0 Å². The Morgan fingerprint density at radius 1 is 0.947 bits per heavy atom. The first kappa shape index (κ1) is 21.7. The molecule has 0 saturated heterocycles.